The van der Waals surface area contributed by atoms with E-state index in [0.717, 1.165) is 11.4 Å². The van der Waals surface area contributed by atoms with Gasteiger partial charge in [0.25, 0.3) is 0 Å². The van der Waals surface area contributed by atoms with Crippen LogP contribution in [0.2, 0.25) is 0 Å². The van der Waals surface area contributed by atoms with Crippen molar-refractivity contribution in [3.05, 3.63) is 176 Å². The Bertz CT molecular complexity index is 2340. The first kappa shape index (κ1) is 25.6. The van der Waals surface area contributed by atoms with Gasteiger partial charge in [0.05, 0.1) is 5.69 Å². The lowest BCUT2D eigenvalue weighted by Gasteiger charge is -2.35. The van der Waals surface area contributed by atoms with Crippen LogP contribution in [0.5, 0.6) is 0 Å². The smallest absolute Gasteiger partial charge is 0.0624 e. The van der Waals surface area contributed by atoms with E-state index >= 15 is 0 Å². The number of benzene rings is 8. The first-order valence-corrected chi connectivity index (χ1v) is 15.5. The lowest BCUT2D eigenvalue weighted by Crippen LogP contribution is -2.14. The summed E-state index contributed by atoms with van der Waals surface area (Å²) in [6, 6.07) is 63.8. The summed E-state index contributed by atoms with van der Waals surface area (Å²) in [6.45, 7) is 0. The van der Waals surface area contributed by atoms with Gasteiger partial charge in [-0.2, -0.15) is 0 Å². The lowest BCUT2D eigenvalue weighted by molar-refractivity contribution is 1.29. The van der Waals surface area contributed by atoms with Crippen LogP contribution in [0.4, 0.5) is 17.1 Å². The molecule has 0 spiro atoms. The summed E-state index contributed by atoms with van der Waals surface area (Å²) in [4.78, 5) is 2.45. The van der Waals surface area contributed by atoms with Crippen LogP contribution in [0.15, 0.2) is 176 Å². The van der Waals surface area contributed by atoms with Crippen molar-refractivity contribution >= 4 is 38.6 Å². The third-order valence-corrected chi connectivity index (χ3v) is 9.14. The van der Waals surface area contributed by atoms with E-state index in [-0.39, 0.29) is 0 Å². The van der Waals surface area contributed by atoms with Crippen LogP contribution >= 0.6 is 0 Å². The van der Waals surface area contributed by atoms with Crippen LogP contribution < -0.4 is 4.90 Å². The Morgan fingerprint density at radius 1 is 0.311 bits per heavy atom. The molecule has 210 valence electrons. The summed E-state index contributed by atoms with van der Waals surface area (Å²) in [7, 11) is 0. The van der Waals surface area contributed by atoms with Crippen molar-refractivity contribution in [3.8, 4) is 44.5 Å². The Balaban J connectivity index is 1.26. The first-order chi connectivity index (χ1) is 22.3. The summed E-state index contributed by atoms with van der Waals surface area (Å²) < 4.78 is 0. The van der Waals surface area contributed by atoms with E-state index in [2.05, 4.69) is 181 Å². The molecule has 0 N–H and O–H groups in total. The van der Waals surface area contributed by atoms with Crippen molar-refractivity contribution < 1.29 is 0 Å². The summed E-state index contributed by atoms with van der Waals surface area (Å²) in [5.41, 5.74) is 13.7. The number of hydrogen-bond donors (Lipinski definition) is 0. The Labute approximate surface area is 263 Å². The van der Waals surface area contributed by atoms with Gasteiger partial charge in [0.1, 0.15) is 0 Å². The molecule has 1 heteroatoms. The second kappa shape index (κ2) is 10.4. The molecule has 1 aliphatic rings. The fraction of sp³-hybridized carbons (Fsp3) is 0. The third-order valence-electron chi connectivity index (χ3n) is 9.14. The summed E-state index contributed by atoms with van der Waals surface area (Å²) in [6.07, 6.45) is 0. The second-order valence-electron chi connectivity index (χ2n) is 11.8. The third kappa shape index (κ3) is 4.24. The Morgan fingerprint density at radius 3 is 1.58 bits per heavy atom. The van der Waals surface area contributed by atoms with Gasteiger partial charge >= 0.3 is 0 Å². The van der Waals surface area contributed by atoms with Crippen molar-refractivity contribution in [1.29, 1.82) is 0 Å². The maximum atomic E-state index is 2.45. The minimum Gasteiger partial charge on any atom is -0.309 e. The SMILES string of the molecule is c1ccc(-c2ccc(N(c3ccccc3)c3c4c(cc5ccccc35)-c3cc5ccc(-c6ccccc6)cc5cc3-4)cc2)cc1. The summed E-state index contributed by atoms with van der Waals surface area (Å²) >= 11 is 0. The van der Waals surface area contributed by atoms with Crippen LogP contribution in [0.1, 0.15) is 0 Å². The van der Waals surface area contributed by atoms with Gasteiger partial charge in [-0.25, -0.2) is 0 Å². The number of fused-ring (bicyclic) bond motifs is 6. The highest BCUT2D eigenvalue weighted by molar-refractivity contribution is 6.20. The van der Waals surface area contributed by atoms with E-state index in [4.69, 9.17) is 0 Å². The molecule has 1 aliphatic carbocycles. The second-order valence-corrected chi connectivity index (χ2v) is 11.8. The predicted octanol–water partition coefficient (Wildman–Crippen LogP) is 12.4. The quantitative estimate of drug-likeness (QED) is 0.199. The van der Waals surface area contributed by atoms with Crippen LogP contribution in [-0.4, -0.2) is 0 Å². The molecule has 0 radical (unpaired) electrons. The van der Waals surface area contributed by atoms with Gasteiger partial charge in [-0.05, 0) is 104 Å². The zero-order chi connectivity index (χ0) is 29.7. The van der Waals surface area contributed by atoms with Gasteiger partial charge in [0, 0.05) is 22.3 Å². The largest absolute Gasteiger partial charge is 0.309 e. The van der Waals surface area contributed by atoms with Gasteiger partial charge < -0.3 is 4.90 Å². The molecule has 0 aromatic heterocycles. The minimum absolute atomic E-state index is 1.14. The Hall–Kier alpha value is -5.92. The van der Waals surface area contributed by atoms with Crippen molar-refractivity contribution in [2.24, 2.45) is 0 Å². The Kier molecular flexibility index (Phi) is 5.89. The van der Waals surface area contributed by atoms with Crippen molar-refractivity contribution in [2.75, 3.05) is 4.90 Å². The monoisotopic (exact) mass is 571 g/mol. The number of nitrogens with zero attached hydrogens (tertiary/aromatic N) is 1. The highest BCUT2D eigenvalue weighted by atomic mass is 15.1. The molecule has 1 nitrogen and oxygen atoms in total. The predicted molar refractivity (Wildman–Crippen MR) is 191 cm³/mol. The fourth-order valence-corrected chi connectivity index (χ4v) is 6.94. The molecular weight excluding hydrogens is 542 g/mol. The van der Waals surface area contributed by atoms with E-state index in [0.29, 0.717) is 0 Å². The average Bonchev–Trinajstić information content (AvgIpc) is 3.12. The highest BCUT2D eigenvalue weighted by Gasteiger charge is 2.31. The first-order valence-electron chi connectivity index (χ1n) is 15.5. The molecule has 8 aromatic rings. The molecule has 45 heavy (non-hydrogen) atoms. The van der Waals surface area contributed by atoms with Crippen molar-refractivity contribution in [1.82, 2.24) is 0 Å². The summed E-state index contributed by atoms with van der Waals surface area (Å²) in [5.74, 6) is 0. The van der Waals surface area contributed by atoms with Gasteiger partial charge in [0.15, 0.2) is 0 Å². The molecule has 0 unspecified atom stereocenters. The summed E-state index contributed by atoms with van der Waals surface area (Å²) in [5, 5.41) is 5.03. The van der Waals surface area contributed by atoms with Crippen LogP contribution in [-0.2, 0) is 0 Å². The molecule has 0 fully saturated rings. The standard InChI is InChI=1S/C44H29N/c1-4-12-30(13-5-1)32-22-24-38(25-23-32)45(37-17-8-3-9-18-37)44-39-19-11-10-16-35(39)28-41-40-27-34-21-20-33(31-14-6-2-7-15-31)26-36(34)29-42(40)43(41)44/h1-29H. The lowest BCUT2D eigenvalue weighted by atomic mass is 9.76. The molecule has 9 rings (SSSR count). The van der Waals surface area contributed by atoms with E-state index in [9.17, 15) is 0 Å². The topological polar surface area (TPSA) is 3.24 Å². The molecular formula is C44H29N. The van der Waals surface area contributed by atoms with Gasteiger partial charge in [-0.1, -0.05) is 127 Å². The number of hydrogen-bond acceptors (Lipinski definition) is 1. The molecule has 0 bridgehead atoms. The Morgan fingerprint density at radius 2 is 0.844 bits per heavy atom. The number of anilines is 3. The fourth-order valence-electron chi connectivity index (χ4n) is 6.94. The minimum atomic E-state index is 1.14. The van der Waals surface area contributed by atoms with Crippen molar-refractivity contribution in [3.63, 3.8) is 0 Å². The van der Waals surface area contributed by atoms with Crippen LogP contribution in [0.25, 0.3) is 66.1 Å². The molecule has 0 amide bonds. The zero-order valence-electron chi connectivity index (χ0n) is 24.7. The molecule has 0 atom stereocenters. The number of rotatable bonds is 5. The molecule has 8 aromatic carbocycles. The van der Waals surface area contributed by atoms with Gasteiger partial charge in [0.2, 0.25) is 0 Å². The van der Waals surface area contributed by atoms with E-state index in [1.807, 2.05) is 0 Å². The zero-order valence-corrected chi connectivity index (χ0v) is 24.7. The number of para-hydroxylation sites is 1. The van der Waals surface area contributed by atoms with Crippen LogP contribution in [0.3, 0.4) is 0 Å². The van der Waals surface area contributed by atoms with Gasteiger partial charge in [-0.3, -0.25) is 0 Å². The van der Waals surface area contributed by atoms with Crippen molar-refractivity contribution in [2.45, 2.75) is 0 Å². The average molecular weight is 572 g/mol. The van der Waals surface area contributed by atoms with E-state index in [1.165, 1.54) is 71.7 Å². The molecule has 0 heterocycles. The normalized spacial score (nSPS) is 11.6. The maximum absolute atomic E-state index is 2.45. The molecule has 0 aliphatic heterocycles. The molecule has 0 saturated heterocycles. The van der Waals surface area contributed by atoms with E-state index in [1.54, 1.807) is 0 Å². The molecule has 0 saturated carbocycles. The van der Waals surface area contributed by atoms with Crippen LogP contribution in [0, 0.1) is 0 Å². The maximum Gasteiger partial charge on any atom is 0.0624 e. The van der Waals surface area contributed by atoms with Gasteiger partial charge in [-0.15, -0.1) is 0 Å². The van der Waals surface area contributed by atoms with E-state index < -0.39 is 0 Å². The highest BCUT2D eigenvalue weighted by Crippen LogP contribution is 2.58.